The summed E-state index contributed by atoms with van der Waals surface area (Å²) >= 11 is 6.07. The van der Waals surface area contributed by atoms with Crippen LogP contribution in [0.3, 0.4) is 0 Å². The molecule has 0 spiro atoms. The number of hydrogen-bond donors (Lipinski definition) is 1. The van der Waals surface area contributed by atoms with Crippen LogP contribution in [0.15, 0.2) is 18.5 Å². The molecule has 0 atom stereocenters. The van der Waals surface area contributed by atoms with E-state index in [1.54, 1.807) is 18.5 Å². The van der Waals surface area contributed by atoms with Gasteiger partial charge < -0.3 is 15.4 Å². The monoisotopic (exact) mass is 360 g/mol. The third kappa shape index (κ3) is 3.16. The molecule has 6 nitrogen and oxygen atoms in total. The number of aromatic nitrogens is 2. The first-order valence-corrected chi connectivity index (χ1v) is 8.90. The molecule has 1 saturated heterocycles. The Bertz CT molecular complexity index is 839. The van der Waals surface area contributed by atoms with Crippen molar-refractivity contribution in [2.24, 2.45) is 11.7 Å². The van der Waals surface area contributed by atoms with Crippen molar-refractivity contribution in [1.82, 2.24) is 14.9 Å². The van der Waals surface area contributed by atoms with Gasteiger partial charge in [-0.1, -0.05) is 11.6 Å². The topological polar surface area (TPSA) is 81.3 Å². The number of ether oxygens (including phenoxy) is 1. The van der Waals surface area contributed by atoms with E-state index in [0.29, 0.717) is 24.1 Å². The molecule has 25 heavy (non-hydrogen) atoms. The largest absolute Gasteiger partial charge is 0.470 e. The van der Waals surface area contributed by atoms with E-state index < -0.39 is 5.54 Å². The van der Waals surface area contributed by atoms with Gasteiger partial charge in [0.1, 0.15) is 11.3 Å². The van der Waals surface area contributed by atoms with Crippen LogP contribution in [0.2, 0.25) is 5.15 Å². The molecule has 132 valence electrons. The second-order valence-corrected chi connectivity index (χ2v) is 7.90. The Balaban J connectivity index is 1.57. The van der Waals surface area contributed by atoms with Crippen LogP contribution < -0.4 is 10.5 Å². The number of carbonyl (C=O) groups excluding carboxylic acids is 1. The second-order valence-electron chi connectivity index (χ2n) is 7.51. The molecular weight excluding hydrogens is 340 g/mol. The highest BCUT2D eigenvalue weighted by molar-refractivity contribution is 6.30. The molecule has 2 N–H and O–H groups in total. The molecule has 2 aromatic rings. The smallest absolute Gasteiger partial charge is 0.225 e. The highest BCUT2D eigenvalue weighted by Crippen LogP contribution is 2.35. The van der Waals surface area contributed by atoms with Crippen LogP contribution in [0, 0.1) is 5.92 Å². The standard InChI is InChI=1S/C18H21ClN4O2/c1-18(2,20)14-7-22-16(13-6-21-15(19)5-12(13)14)25-11-8-23(9-11)17(24)10-3-4-10/h5-7,10-11H,3-4,8-9,20H2,1-2H3. The summed E-state index contributed by atoms with van der Waals surface area (Å²) in [4.78, 5) is 22.5. The Kier molecular flexibility index (Phi) is 3.85. The highest BCUT2D eigenvalue weighted by atomic mass is 35.5. The molecule has 4 rings (SSSR count). The summed E-state index contributed by atoms with van der Waals surface area (Å²) in [5.74, 6) is 1.01. The highest BCUT2D eigenvalue weighted by Gasteiger charge is 2.40. The van der Waals surface area contributed by atoms with E-state index in [1.165, 1.54) is 0 Å². The average molecular weight is 361 g/mol. The third-order valence-corrected chi connectivity index (χ3v) is 4.97. The zero-order valence-electron chi connectivity index (χ0n) is 14.3. The summed E-state index contributed by atoms with van der Waals surface area (Å²) in [6.45, 7) is 5.07. The molecule has 2 fully saturated rings. The minimum Gasteiger partial charge on any atom is -0.470 e. The van der Waals surface area contributed by atoms with E-state index in [9.17, 15) is 4.79 Å². The Morgan fingerprint density at radius 1 is 1.28 bits per heavy atom. The van der Waals surface area contributed by atoms with E-state index in [2.05, 4.69) is 9.97 Å². The van der Waals surface area contributed by atoms with Gasteiger partial charge in [0, 0.05) is 23.9 Å². The van der Waals surface area contributed by atoms with E-state index in [1.807, 2.05) is 18.7 Å². The van der Waals surface area contributed by atoms with E-state index in [0.717, 1.165) is 29.2 Å². The van der Waals surface area contributed by atoms with Crippen LogP contribution in [-0.2, 0) is 10.3 Å². The van der Waals surface area contributed by atoms with Crippen LogP contribution in [0.4, 0.5) is 0 Å². The van der Waals surface area contributed by atoms with Gasteiger partial charge in [-0.3, -0.25) is 4.79 Å². The molecule has 7 heteroatoms. The van der Waals surface area contributed by atoms with E-state index in [-0.39, 0.29) is 17.9 Å². The van der Waals surface area contributed by atoms with Gasteiger partial charge in [-0.15, -0.1) is 0 Å². The van der Waals surface area contributed by atoms with Gasteiger partial charge in [0.15, 0.2) is 0 Å². The third-order valence-electron chi connectivity index (χ3n) is 4.76. The van der Waals surface area contributed by atoms with Gasteiger partial charge in [-0.05, 0) is 43.7 Å². The summed E-state index contributed by atoms with van der Waals surface area (Å²) in [6, 6.07) is 1.79. The summed E-state index contributed by atoms with van der Waals surface area (Å²) in [5, 5.41) is 2.08. The fourth-order valence-corrected chi connectivity index (χ4v) is 3.29. The molecule has 0 aromatic carbocycles. The van der Waals surface area contributed by atoms with Gasteiger partial charge in [-0.25, -0.2) is 9.97 Å². The number of carbonyl (C=O) groups is 1. The first-order chi connectivity index (χ1) is 11.8. The summed E-state index contributed by atoms with van der Waals surface area (Å²) < 4.78 is 6.02. The molecular formula is C18H21ClN4O2. The lowest BCUT2D eigenvalue weighted by molar-refractivity contribution is -0.141. The van der Waals surface area contributed by atoms with Gasteiger partial charge in [0.05, 0.1) is 18.5 Å². The van der Waals surface area contributed by atoms with Gasteiger partial charge in [-0.2, -0.15) is 0 Å². The fourth-order valence-electron chi connectivity index (χ4n) is 3.13. The SMILES string of the molecule is CC(C)(N)c1cnc(OC2CN(C(=O)C3CC3)C2)c2cnc(Cl)cc12. The van der Waals surface area contributed by atoms with Gasteiger partial charge in [0.25, 0.3) is 0 Å². The Morgan fingerprint density at radius 2 is 2.00 bits per heavy atom. The average Bonchev–Trinajstić information content (AvgIpc) is 3.32. The van der Waals surface area contributed by atoms with Crippen LogP contribution >= 0.6 is 11.6 Å². The molecule has 3 heterocycles. The molecule has 0 bridgehead atoms. The van der Waals surface area contributed by atoms with Crippen molar-refractivity contribution in [1.29, 1.82) is 0 Å². The van der Waals surface area contributed by atoms with Crippen molar-refractivity contribution < 1.29 is 9.53 Å². The van der Waals surface area contributed by atoms with Crippen molar-refractivity contribution in [3.63, 3.8) is 0 Å². The number of nitrogens with zero attached hydrogens (tertiary/aromatic N) is 3. The maximum absolute atomic E-state index is 12.0. The maximum Gasteiger partial charge on any atom is 0.225 e. The Hall–Kier alpha value is -1.92. The predicted molar refractivity (Wildman–Crippen MR) is 95.5 cm³/mol. The quantitative estimate of drug-likeness (QED) is 0.847. The molecule has 0 unspecified atom stereocenters. The van der Waals surface area contributed by atoms with E-state index >= 15 is 0 Å². The number of pyridine rings is 2. The number of halogens is 1. The van der Waals surface area contributed by atoms with Gasteiger partial charge in [0.2, 0.25) is 11.8 Å². The molecule has 1 aliphatic carbocycles. The number of likely N-dealkylation sites (tertiary alicyclic amines) is 1. The van der Waals surface area contributed by atoms with Gasteiger partial charge >= 0.3 is 0 Å². The van der Waals surface area contributed by atoms with Crippen molar-refractivity contribution in [3.05, 3.63) is 29.2 Å². The minimum atomic E-state index is -0.557. The first kappa shape index (κ1) is 16.5. The maximum atomic E-state index is 12.0. The van der Waals surface area contributed by atoms with Crippen molar-refractivity contribution in [2.45, 2.75) is 38.3 Å². The fraction of sp³-hybridized carbons (Fsp3) is 0.500. The second kappa shape index (κ2) is 5.81. The summed E-state index contributed by atoms with van der Waals surface area (Å²) in [6.07, 6.45) is 5.41. The predicted octanol–water partition coefficient (Wildman–Crippen LogP) is 2.48. The molecule has 0 radical (unpaired) electrons. The molecule has 2 aromatic heterocycles. The summed E-state index contributed by atoms with van der Waals surface area (Å²) in [5.41, 5.74) is 6.59. The number of rotatable bonds is 4. The van der Waals surface area contributed by atoms with Crippen molar-refractivity contribution in [3.8, 4) is 5.88 Å². The molecule has 1 aliphatic heterocycles. The summed E-state index contributed by atoms with van der Waals surface area (Å²) in [7, 11) is 0. The molecule has 1 saturated carbocycles. The Labute approximate surface area is 151 Å². The molecule has 2 aliphatic rings. The lowest BCUT2D eigenvalue weighted by atomic mass is 9.93. The van der Waals surface area contributed by atoms with Crippen molar-refractivity contribution >= 4 is 28.3 Å². The first-order valence-electron chi connectivity index (χ1n) is 8.52. The lowest BCUT2D eigenvalue weighted by Gasteiger charge is -2.39. The van der Waals surface area contributed by atoms with Crippen LogP contribution in [-0.4, -0.2) is 40.0 Å². The minimum absolute atomic E-state index is 0.0363. The van der Waals surface area contributed by atoms with Crippen molar-refractivity contribution in [2.75, 3.05) is 13.1 Å². The number of amides is 1. The van der Waals surface area contributed by atoms with E-state index in [4.69, 9.17) is 22.1 Å². The number of fused-ring (bicyclic) bond motifs is 1. The van der Waals surface area contributed by atoms with Crippen LogP contribution in [0.5, 0.6) is 5.88 Å². The number of hydrogen-bond acceptors (Lipinski definition) is 5. The number of nitrogens with two attached hydrogens (primary N) is 1. The lowest BCUT2D eigenvalue weighted by Crippen LogP contribution is -2.56. The Morgan fingerprint density at radius 3 is 2.64 bits per heavy atom. The zero-order valence-corrected chi connectivity index (χ0v) is 15.1. The van der Waals surface area contributed by atoms with Crippen LogP contribution in [0.25, 0.3) is 10.8 Å². The van der Waals surface area contributed by atoms with Crippen LogP contribution in [0.1, 0.15) is 32.3 Å². The zero-order chi connectivity index (χ0) is 17.8. The molecule has 1 amide bonds. The normalized spacial score (nSPS) is 18.3.